The zero-order valence-electron chi connectivity index (χ0n) is 12.3. The number of nitrogens with two attached hydrogens (primary N) is 1. The van der Waals surface area contributed by atoms with Gasteiger partial charge in [-0.3, -0.25) is 9.59 Å². The normalized spacial score (nSPS) is 18.8. The van der Waals surface area contributed by atoms with E-state index in [0.29, 0.717) is 13.0 Å². The standard InChI is InChI=1S/C15H21N3O3/c1-10(19)18-8-7-13(11-5-3-4-6-14(11)18)17-15(20)12(16)9-21-2/h3-6,12-13H,7-9,16H2,1-2H3,(H,17,20). The van der Waals surface area contributed by atoms with Crippen molar-refractivity contribution in [1.82, 2.24) is 5.32 Å². The summed E-state index contributed by atoms with van der Waals surface area (Å²) in [6.07, 6.45) is 0.669. The second-order valence-electron chi connectivity index (χ2n) is 5.14. The summed E-state index contributed by atoms with van der Waals surface area (Å²) < 4.78 is 4.89. The van der Waals surface area contributed by atoms with Gasteiger partial charge in [0, 0.05) is 26.3 Å². The number of rotatable bonds is 4. The minimum Gasteiger partial charge on any atom is -0.383 e. The lowest BCUT2D eigenvalue weighted by Crippen LogP contribution is -2.47. The Hall–Kier alpha value is -1.92. The van der Waals surface area contributed by atoms with E-state index >= 15 is 0 Å². The third kappa shape index (κ3) is 3.40. The molecule has 2 amide bonds. The van der Waals surface area contributed by atoms with Gasteiger partial charge in [0.15, 0.2) is 0 Å². The lowest BCUT2D eigenvalue weighted by atomic mass is 9.96. The van der Waals surface area contributed by atoms with Crippen LogP contribution in [0.3, 0.4) is 0 Å². The van der Waals surface area contributed by atoms with Gasteiger partial charge in [-0.1, -0.05) is 18.2 Å². The number of ether oxygens (including phenoxy) is 1. The number of benzene rings is 1. The van der Waals surface area contributed by atoms with Gasteiger partial charge in [0.1, 0.15) is 6.04 Å². The highest BCUT2D eigenvalue weighted by Gasteiger charge is 2.28. The molecule has 0 aromatic heterocycles. The van der Waals surface area contributed by atoms with Crippen LogP contribution in [0.5, 0.6) is 0 Å². The maximum Gasteiger partial charge on any atom is 0.239 e. The molecule has 0 saturated carbocycles. The molecule has 2 unspecified atom stereocenters. The van der Waals surface area contributed by atoms with Crippen molar-refractivity contribution < 1.29 is 14.3 Å². The summed E-state index contributed by atoms with van der Waals surface area (Å²) in [6, 6.07) is 6.79. The van der Waals surface area contributed by atoms with Crippen LogP contribution in [0.15, 0.2) is 24.3 Å². The van der Waals surface area contributed by atoms with Crippen LogP contribution in [0.25, 0.3) is 0 Å². The van der Waals surface area contributed by atoms with E-state index in [1.165, 1.54) is 7.11 Å². The van der Waals surface area contributed by atoms with E-state index in [2.05, 4.69) is 5.32 Å². The minimum absolute atomic E-state index is 0.00307. The first-order valence-electron chi connectivity index (χ1n) is 6.96. The van der Waals surface area contributed by atoms with Crippen molar-refractivity contribution in [2.45, 2.75) is 25.4 Å². The Bertz CT molecular complexity index is 533. The van der Waals surface area contributed by atoms with Gasteiger partial charge in [0.25, 0.3) is 0 Å². The number of nitrogens with zero attached hydrogens (tertiary/aromatic N) is 1. The van der Waals surface area contributed by atoms with E-state index in [4.69, 9.17) is 10.5 Å². The van der Waals surface area contributed by atoms with Gasteiger partial charge in [0.2, 0.25) is 11.8 Å². The van der Waals surface area contributed by atoms with Crippen molar-refractivity contribution in [1.29, 1.82) is 0 Å². The first kappa shape index (κ1) is 15.5. The van der Waals surface area contributed by atoms with E-state index in [0.717, 1.165) is 11.3 Å². The molecule has 1 aromatic carbocycles. The average Bonchev–Trinajstić information content (AvgIpc) is 2.47. The second kappa shape index (κ2) is 6.69. The first-order valence-corrected chi connectivity index (χ1v) is 6.96. The van der Waals surface area contributed by atoms with Crippen LogP contribution in [0.1, 0.15) is 24.9 Å². The highest BCUT2D eigenvalue weighted by molar-refractivity contribution is 5.93. The lowest BCUT2D eigenvalue weighted by Gasteiger charge is -2.34. The molecule has 1 aromatic rings. The highest BCUT2D eigenvalue weighted by atomic mass is 16.5. The Kier molecular flexibility index (Phi) is 4.93. The van der Waals surface area contributed by atoms with E-state index < -0.39 is 6.04 Å². The summed E-state index contributed by atoms with van der Waals surface area (Å²) in [5.41, 5.74) is 7.53. The van der Waals surface area contributed by atoms with Crippen molar-refractivity contribution in [3.63, 3.8) is 0 Å². The van der Waals surface area contributed by atoms with Crippen molar-refractivity contribution in [2.24, 2.45) is 5.73 Å². The number of hydrogen-bond acceptors (Lipinski definition) is 4. The fourth-order valence-electron chi connectivity index (χ4n) is 2.57. The average molecular weight is 291 g/mol. The highest BCUT2D eigenvalue weighted by Crippen LogP contribution is 2.33. The van der Waals surface area contributed by atoms with Crippen LogP contribution >= 0.6 is 0 Å². The van der Waals surface area contributed by atoms with Crippen LogP contribution in [-0.4, -0.2) is 38.1 Å². The van der Waals surface area contributed by atoms with Crippen LogP contribution < -0.4 is 16.0 Å². The van der Waals surface area contributed by atoms with Crippen LogP contribution in [0.4, 0.5) is 5.69 Å². The molecule has 114 valence electrons. The molecule has 0 fully saturated rings. The third-order valence-electron chi connectivity index (χ3n) is 3.62. The summed E-state index contributed by atoms with van der Waals surface area (Å²) in [4.78, 5) is 25.4. The summed E-state index contributed by atoms with van der Waals surface area (Å²) >= 11 is 0. The zero-order chi connectivity index (χ0) is 15.4. The fraction of sp³-hybridized carbons (Fsp3) is 0.467. The Morgan fingerprint density at radius 1 is 1.48 bits per heavy atom. The molecule has 6 heteroatoms. The Labute approximate surface area is 124 Å². The molecule has 2 atom stereocenters. The molecule has 2 rings (SSSR count). The summed E-state index contributed by atoms with van der Waals surface area (Å²) in [5, 5.41) is 2.94. The van der Waals surface area contributed by atoms with E-state index in [1.54, 1.807) is 11.8 Å². The number of hydrogen-bond donors (Lipinski definition) is 2. The molecule has 1 aliphatic rings. The molecule has 0 radical (unpaired) electrons. The number of fused-ring (bicyclic) bond motifs is 1. The predicted octanol–water partition coefficient (Wildman–Crippen LogP) is 0.574. The van der Waals surface area contributed by atoms with Gasteiger partial charge >= 0.3 is 0 Å². The number of amides is 2. The van der Waals surface area contributed by atoms with E-state index in [1.807, 2.05) is 24.3 Å². The van der Waals surface area contributed by atoms with Gasteiger partial charge in [-0.15, -0.1) is 0 Å². The number of anilines is 1. The molecule has 0 aliphatic carbocycles. The number of carbonyl (C=O) groups excluding carboxylic acids is 2. The number of methoxy groups -OCH3 is 1. The first-order chi connectivity index (χ1) is 10.0. The number of nitrogens with one attached hydrogen (secondary N) is 1. The molecular weight excluding hydrogens is 270 g/mol. The largest absolute Gasteiger partial charge is 0.383 e. The maximum absolute atomic E-state index is 12.0. The molecule has 6 nitrogen and oxygen atoms in total. The van der Waals surface area contributed by atoms with E-state index in [9.17, 15) is 9.59 Å². The van der Waals surface area contributed by atoms with Gasteiger partial charge < -0.3 is 20.7 Å². The van der Waals surface area contributed by atoms with Crippen molar-refractivity contribution >= 4 is 17.5 Å². The second-order valence-corrected chi connectivity index (χ2v) is 5.14. The topological polar surface area (TPSA) is 84.7 Å². The molecule has 1 heterocycles. The quantitative estimate of drug-likeness (QED) is 0.849. The Morgan fingerprint density at radius 3 is 2.86 bits per heavy atom. The number of para-hydroxylation sites is 1. The molecule has 3 N–H and O–H groups in total. The lowest BCUT2D eigenvalue weighted by molar-refractivity contribution is -0.124. The van der Waals surface area contributed by atoms with Gasteiger partial charge in [-0.2, -0.15) is 0 Å². The van der Waals surface area contributed by atoms with Crippen molar-refractivity contribution in [3.8, 4) is 0 Å². The smallest absolute Gasteiger partial charge is 0.239 e. The van der Waals surface area contributed by atoms with Crippen LogP contribution in [0, 0.1) is 0 Å². The van der Waals surface area contributed by atoms with Crippen LogP contribution in [-0.2, 0) is 14.3 Å². The Balaban J connectivity index is 2.17. The van der Waals surface area contributed by atoms with E-state index in [-0.39, 0.29) is 24.5 Å². The monoisotopic (exact) mass is 291 g/mol. The summed E-state index contributed by atoms with van der Waals surface area (Å²) in [5.74, 6) is -0.240. The van der Waals surface area contributed by atoms with Crippen molar-refractivity contribution in [2.75, 3.05) is 25.2 Å². The zero-order valence-corrected chi connectivity index (χ0v) is 12.3. The van der Waals surface area contributed by atoms with Crippen LogP contribution in [0.2, 0.25) is 0 Å². The summed E-state index contributed by atoms with van der Waals surface area (Å²) in [6.45, 7) is 2.31. The fourth-order valence-corrected chi connectivity index (χ4v) is 2.57. The van der Waals surface area contributed by atoms with Gasteiger partial charge in [-0.05, 0) is 18.1 Å². The third-order valence-corrected chi connectivity index (χ3v) is 3.62. The van der Waals surface area contributed by atoms with Gasteiger partial charge in [-0.25, -0.2) is 0 Å². The molecule has 1 aliphatic heterocycles. The molecule has 0 saturated heterocycles. The molecule has 21 heavy (non-hydrogen) atoms. The number of carbonyl (C=O) groups is 2. The SMILES string of the molecule is COCC(N)C(=O)NC1CCN(C(C)=O)c2ccccc21. The van der Waals surface area contributed by atoms with Gasteiger partial charge in [0.05, 0.1) is 12.6 Å². The molecule has 0 bridgehead atoms. The summed E-state index contributed by atoms with van der Waals surface area (Å²) in [7, 11) is 1.51. The minimum atomic E-state index is -0.687. The molecule has 0 spiro atoms. The van der Waals surface area contributed by atoms with Crippen molar-refractivity contribution in [3.05, 3.63) is 29.8 Å². The predicted molar refractivity (Wildman–Crippen MR) is 79.8 cm³/mol. The Morgan fingerprint density at radius 2 is 2.19 bits per heavy atom. The maximum atomic E-state index is 12.0. The molecular formula is C15H21N3O3.